The number of fused-ring (bicyclic) bond motifs is 1. The van der Waals surface area contributed by atoms with Crippen molar-refractivity contribution in [3.05, 3.63) is 125 Å². The SMILES string of the molecule is O=C(NCc1ccc2c(c1)OCO2)[C@@H](Cc1ccccc1)N(Cc1ccc(F)cc1)C(=O)CCc1ccc(S(=O)(=O)NC2CC2)cc1. The molecule has 244 valence electrons. The Morgan fingerprint density at radius 1 is 0.830 bits per heavy atom. The van der Waals surface area contributed by atoms with Gasteiger partial charge in [0.1, 0.15) is 11.9 Å². The summed E-state index contributed by atoms with van der Waals surface area (Å²) >= 11 is 0. The Morgan fingerprint density at radius 2 is 1.51 bits per heavy atom. The Kier molecular flexibility index (Phi) is 9.84. The lowest BCUT2D eigenvalue weighted by Crippen LogP contribution is -2.50. The third-order valence-corrected chi connectivity index (χ3v) is 9.74. The second kappa shape index (κ2) is 14.4. The van der Waals surface area contributed by atoms with Crippen molar-refractivity contribution in [3.8, 4) is 11.5 Å². The molecule has 1 saturated carbocycles. The molecule has 47 heavy (non-hydrogen) atoms. The van der Waals surface area contributed by atoms with Gasteiger partial charge in [0.2, 0.25) is 28.6 Å². The number of benzene rings is 4. The van der Waals surface area contributed by atoms with E-state index in [1.165, 1.54) is 12.1 Å². The van der Waals surface area contributed by atoms with Gasteiger partial charge in [-0.1, -0.05) is 60.7 Å². The summed E-state index contributed by atoms with van der Waals surface area (Å²) in [4.78, 5) is 29.7. The maximum atomic E-state index is 14.0. The number of carbonyl (C=O) groups excluding carboxylic acids is 2. The molecule has 1 fully saturated rings. The Morgan fingerprint density at radius 3 is 2.23 bits per heavy atom. The highest BCUT2D eigenvalue weighted by molar-refractivity contribution is 7.89. The van der Waals surface area contributed by atoms with E-state index >= 15 is 0 Å². The van der Waals surface area contributed by atoms with Crippen molar-refractivity contribution < 1.29 is 31.9 Å². The van der Waals surface area contributed by atoms with Crippen LogP contribution in [0.1, 0.15) is 41.5 Å². The normalized spacial score (nSPS) is 14.4. The van der Waals surface area contributed by atoms with Gasteiger partial charge in [-0.15, -0.1) is 0 Å². The van der Waals surface area contributed by atoms with Gasteiger partial charge in [-0.2, -0.15) is 0 Å². The van der Waals surface area contributed by atoms with Crippen molar-refractivity contribution in [2.45, 2.75) is 62.2 Å². The number of rotatable bonds is 14. The molecule has 1 heterocycles. The van der Waals surface area contributed by atoms with Crippen LogP contribution in [0.4, 0.5) is 4.39 Å². The third-order valence-electron chi connectivity index (χ3n) is 8.20. The minimum atomic E-state index is -3.58. The van der Waals surface area contributed by atoms with E-state index in [4.69, 9.17) is 9.47 Å². The number of carbonyl (C=O) groups is 2. The van der Waals surface area contributed by atoms with Crippen LogP contribution in [0.15, 0.2) is 102 Å². The standard InChI is InChI=1S/C36H36FN3O6S/c37-29-12-6-27(7-13-29)23-40(35(41)19-11-25-8-16-31(17-9-25)47(43,44)39-30-14-15-30)32(20-26-4-2-1-3-5-26)36(42)38-22-28-10-18-33-34(21-28)46-24-45-33/h1-10,12-13,16-18,21,30,32,39H,11,14-15,19-20,22-24H2,(H,38,42)/t32-/m1/s1. The summed E-state index contributed by atoms with van der Waals surface area (Å²) in [6.07, 6.45) is 2.37. The van der Waals surface area contributed by atoms with E-state index in [1.807, 2.05) is 42.5 Å². The number of hydrogen-bond acceptors (Lipinski definition) is 6. The molecule has 1 aliphatic carbocycles. The van der Waals surface area contributed by atoms with E-state index in [0.29, 0.717) is 23.5 Å². The van der Waals surface area contributed by atoms with Crippen LogP contribution in [0, 0.1) is 5.82 Å². The van der Waals surface area contributed by atoms with Crippen molar-refractivity contribution in [2.24, 2.45) is 0 Å². The molecule has 1 aliphatic heterocycles. The molecule has 0 spiro atoms. The highest BCUT2D eigenvalue weighted by Gasteiger charge is 2.31. The largest absolute Gasteiger partial charge is 0.454 e. The van der Waals surface area contributed by atoms with Crippen LogP contribution in [0.25, 0.3) is 0 Å². The van der Waals surface area contributed by atoms with Crippen LogP contribution >= 0.6 is 0 Å². The molecule has 2 aliphatic rings. The molecule has 4 aromatic rings. The van der Waals surface area contributed by atoms with E-state index in [-0.39, 0.29) is 55.5 Å². The van der Waals surface area contributed by atoms with E-state index in [2.05, 4.69) is 10.0 Å². The molecule has 6 rings (SSSR count). The summed E-state index contributed by atoms with van der Waals surface area (Å²) in [6, 6.07) is 26.4. The second-order valence-corrected chi connectivity index (χ2v) is 13.5. The van der Waals surface area contributed by atoms with Crippen LogP contribution < -0.4 is 19.5 Å². The van der Waals surface area contributed by atoms with E-state index < -0.39 is 21.9 Å². The predicted octanol–water partition coefficient (Wildman–Crippen LogP) is 4.88. The zero-order valence-corrected chi connectivity index (χ0v) is 26.5. The lowest BCUT2D eigenvalue weighted by molar-refractivity contribution is -0.141. The molecule has 2 N–H and O–H groups in total. The van der Waals surface area contributed by atoms with Crippen LogP contribution in [0.3, 0.4) is 0 Å². The average molecular weight is 658 g/mol. The maximum Gasteiger partial charge on any atom is 0.243 e. The Balaban J connectivity index is 1.21. The molecule has 0 aromatic heterocycles. The Bertz CT molecular complexity index is 1810. The van der Waals surface area contributed by atoms with Crippen molar-refractivity contribution in [2.75, 3.05) is 6.79 Å². The van der Waals surface area contributed by atoms with E-state index in [9.17, 15) is 22.4 Å². The summed E-state index contributed by atoms with van der Waals surface area (Å²) < 4.78 is 52.5. The van der Waals surface area contributed by atoms with Gasteiger partial charge in [0.05, 0.1) is 4.90 Å². The van der Waals surface area contributed by atoms with Gasteiger partial charge in [0.25, 0.3) is 0 Å². The molecule has 4 aromatic carbocycles. The lowest BCUT2D eigenvalue weighted by atomic mass is 10.0. The zero-order chi connectivity index (χ0) is 32.8. The van der Waals surface area contributed by atoms with Gasteiger partial charge in [-0.25, -0.2) is 17.5 Å². The fourth-order valence-electron chi connectivity index (χ4n) is 5.42. The van der Waals surface area contributed by atoms with E-state index in [1.54, 1.807) is 47.4 Å². The summed E-state index contributed by atoms with van der Waals surface area (Å²) in [5, 5.41) is 3.00. The summed E-state index contributed by atoms with van der Waals surface area (Å²) in [5.74, 6) is 0.256. The van der Waals surface area contributed by atoms with Crippen LogP contribution in [-0.2, 0) is 45.5 Å². The number of nitrogens with zero attached hydrogens (tertiary/aromatic N) is 1. The summed E-state index contributed by atoms with van der Waals surface area (Å²) in [6.45, 7) is 0.452. The first-order chi connectivity index (χ1) is 22.7. The molecular formula is C36H36FN3O6S. The molecular weight excluding hydrogens is 621 g/mol. The third kappa shape index (κ3) is 8.55. The molecule has 0 unspecified atom stereocenters. The maximum absolute atomic E-state index is 14.0. The summed E-state index contributed by atoms with van der Waals surface area (Å²) in [5.41, 5.74) is 3.16. The van der Waals surface area contributed by atoms with Crippen LogP contribution in [-0.4, -0.2) is 44.0 Å². The second-order valence-electron chi connectivity index (χ2n) is 11.8. The molecule has 11 heteroatoms. The summed E-state index contributed by atoms with van der Waals surface area (Å²) in [7, 11) is -3.58. The number of amides is 2. The number of aryl methyl sites for hydroxylation is 1. The zero-order valence-electron chi connectivity index (χ0n) is 25.7. The Labute approximate surface area is 273 Å². The van der Waals surface area contributed by atoms with Gasteiger partial charge in [0.15, 0.2) is 11.5 Å². The average Bonchev–Trinajstić information content (AvgIpc) is 3.76. The number of halogens is 1. The lowest BCUT2D eigenvalue weighted by Gasteiger charge is -2.32. The number of sulfonamides is 1. The minimum Gasteiger partial charge on any atom is -0.454 e. The first kappa shape index (κ1) is 32.2. The van der Waals surface area contributed by atoms with Crippen LogP contribution in [0.5, 0.6) is 11.5 Å². The number of ether oxygens (including phenoxy) is 2. The van der Waals surface area contributed by atoms with Gasteiger partial charge in [-0.05, 0) is 77.9 Å². The molecule has 1 atom stereocenters. The van der Waals surface area contributed by atoms with Gasteiger partial charge >= 0.3 is 0 Å². The van der Waals surface area contributed by atoms with E-state index in [0.717, 1.165) is 29.5 Å². The molecule has 9 nitrogen and oxygen atoms in total. The fourth-order valence-corrected chi connectivity index (χ4v) is 6.72. The molecule has 0 radical (unpaired) electrons. The fraction of sp³-hybridized carbons (Fsp3) is 0.278. The smallest absolute Gasteiger partial charge is 0.243 e. The Hall–Kier alpha value is -4.74. The highest BCUT2D eigenvalue weighted by atomic mass is 32.2. The monoisotopic (exact) mass is 657 g/mol. The molecule has 0 saturated heterocycles. The van der Waals surface area contributed by atoms with Crippen molar-refractivity contribution in [1.82, 2.24) is 14.9 Å². The molecule has 2 amide bonds. The highest BCUT2D eigenvalue weighted by Crippen LogP contribution is 2.32. The van der Waals surface area contributed by atoms with Gasteiger partial charge in [0, 0.05) is 32.0 Å². The minimum absolute atomic E-state index is 0.00226. The first-order valence-electron chi connectivity index (χ1n) is 15.6. The molecule has 0 bridgehead atoms. The van der Waals surface area contributed by atoms with Crippen molar-refractivity contribution >= 4 is 21.8 Å². The van der Waals surface area contributed by atoms with Gasteiger partial charge in [-0.3, -0.25) is 9.59 Å². The quantitative estimate of drug-likeness (QED) is 0.200. The topological polar surface area (TPSA) is 114 Å². The number of nitrogens with one attached hydrogen (secondary N) is 2. The van der Waals surface area contributed by atoms with Crippen LogP contribution in [0.2, 0.25) is 0 Å². The van der Waals surface area contributed by atoms with Crippen molar-refractivity contribution in [3.63, 3.8) is 0 Å². The van der Waals surface area contributed by atoms with Gasteiger partial charge < -0.3 is 19.7 Å². The first-order valence-corrected chi connectivity index (χ1v) is 17.1. The number of hydrogen-bond donors (Lipinski definition) is 2. The predicted molar refractivity (Wildman–Crippen MR) is 173 cm³/mol. The van der Waals surface area contributed by atoms with Crippen molar-refractivity contribution in [1.29, 1.82) is 0 Å².